The van der Waals surface area contributed by atoms with E-state index in [4.69, 9.17) is 4.74 Å². The quantitative estimate of drug-likeness (QED) is 0.797. The number of carbonyl (C=O) groups excluding carboxylic acids is 1. The van der Waals surface area contributed by atoms with E-state index in [-0.39, 0.29) is 5.91 Å². The molecule has 1 aliphatic rings. The smallest absolute Gasteiger partial charge is 0.252 e. The highest BCUT2D eigenvalue weighted by atomic mass is 16.5. The van der Waals surface area contributed by atoms with Gasteiger partial charge in [0.15, 0.2) is 0 Å². The maximum Gasteiger partial charge on any atom is 0.252 e. The summed E-state index contributed by atoms with van der Waals surface area (Å²) in [6.07, 6.45) is 5.13. The summed E-state index contributed by atoms with van der Waals surface area (Å²) in [7, 11) is 1.84. The number of ether oxygens (including phenoxy) is 1. The van der Waals surface area contributed by atoms with Gasteiger partial charge >= 0.3 is 0 Å². The molecule has 0 saturated heterocycles. The number of nitrogens with one attached hydrogen (secondary N) is 1. The standard InChI is InChI=1S/C19H20N4O2/c1-23-17-9-15(11-20-16(17)12-22-23)19(24)21-10-13-6-7-25-18-5-3-2-4-14(18)8-13/h2-5,9,11-13H,6-8,10H2,1H3,(H,21,24). The lowest BCUT2D eigenvalue weighted by molar-refractivity contribution is 0.0945. The molecule has 6 nitrogen and oxygen atoms in total. The molecule has 1 aromatic carbocycles. The van der Waals surface area contributed by atoms with Crippen molar-refractivity contribution in [3.8, 4) is 5.75 Å². The summed E-state index contributed by atoms with van der Waals surface area (Å²) >= 11 is 0. The predicted molar refractivity (Wildman–Crippen MR) is 94.6 cm³/mol. The number of hydrogen-bond donors (Lipinski definition) is 1. The molecule has 0 fully saturated rings. The van der Waals surface area contributed by atoms with Crippen LogP contribution < -0.4 is 10.1 Å². The van der Waals surface area contributed by atoms with Crippen LogP contribution >= 0.6 is 0 Å². The van der Waals surface area contributed by atoms with Gasteiger partial charge in [0.05, 0.1) is 23.9 Å². The van der Waals surface area contributed by atoms with Crippen LogP contribution in [-0.2, 0) is 13.5 Å². The first-order valence-corrected chi connectivity index (χ1v) is 8.47. The van der Waals surface area contributed by atoms with Gasteiger partial charge in [0.2, 0.25) is 0 Å². The van der Waals surface area contributed by atoms with Gasteiger partial charge in [-0.2, -0.15) is 5.10 Å². The molecule has 0 radical (unpaired) electrons. The van der Waals surface area contributed by atoms with Crippen molar-refractivity contribution in [2.45, 2.75) is 12.8 Å². The number of rotatable bonds is 3. The zero-order valence-electron chi connectivity index (χ0n) is 14.1. The van der Waals surface area contributed by atoms with Crippen molar-refractivity contribution in [2.24, 2.45) is 13.0 Å². The minimum atomic E-state index is -0.103. The molecule has 25 heavy (non-hydrogen) atoms. The summed E-state index contributed by atoms with van der Waals surface area (Å²) in [6, 6.07) is 9.94. The minimum absolute atomic E-state index is 0.103. The lowest BCUT2D eigenvalue weighted by Gasteiger charge is -2.14. The van der Waals surface area contributed by atoms with E-state index in [2.05, 4.69) is 21.5 Å². The first-order valence-electron chi connectivity index (χ1n) is 8.47. The maximum absolute atomic E-state index is 12.5. The van der Waals surface area contributed by atoms with Crippen molar-refractivity contribution < 1.29 is 9.53 Å². The van der Waals surface area contributed by atoms with E-state index in [0.29, 0.717) is 24.6 Å². The molecule has 1 amide bonds. The van der Waals surface area contributed by atoms with E-state index in [1.165, 1.54) is 5.56 Å². The van der Waals surface area contributed by atoms with Crippen LogP contribution in [0.1, 0.15) is 22.3 Å². The first-order chi connectivity index (χ1) is 12.2. The zero-order valence-corrected chi connectivity index (χ0v) is 14.1. The highest BCUT2D eigenvalue weighted by Crippen LogP contribution is 2.26. The number of fused-ring (bicyclic) bond motifs is 2. The molecule has 1 unspecified atom stereocenters. The Labute approximate surface area is 145 Å². The fourth-order valence-corrected chi connectivity index (χ4v) is 3.23. The van der Waals surface area contributed by atoms with Gasteiger partial charge in [-0.05, 0) is 36.5 Å². The van der Waals surface area contributed by atoms with E-state index in [1.54, 1.807) is 17.1 Å². The van der Waals surface area contributed by atoms with Gasteiger partial charge in [-0.25, -0.2) is 0 Å². The third kappa shape index (κ3) is 3.20. The van der Waals surface area contributed by atoms with Crippen molar-refractivity contribution in [1.82, 2.24) is 20.1 Å². The number of aromatic nitrogens is 3. The zero-order chi connectivity index (χ0) is 17.2. The Morgan fingerprint density at radius 3 is 3.16 bits per heavy atom. The molecule has 0 bridgehead atoms. The number of pyridine rings is 1. The van der Waals surface area contributed by atoms with E-state index < -0.39 is 0 Å². The summed E-state index contributed by atoms with van der Waals surface area (Å²) < 4.78 is 7.51. The number of para-hydroxylation sites is 1. The number of amides is 1. The first kappa shape index (κ1) is 15.6. The van der Waals surface area contributed by atoms with Gasteiger partial charge in [0, 0.05) is 19.8 Å². The fourth-order valence-electron chi connectivity index (χ4n) is 3.23. The van der Waals surface area contributed by atoms with E-state index in [1.807, 2.05) is 31.3 Å². The molecular weight excluding hydrogens is 316 g/mol. The van der Waals surface area contributed by atoms with Gasteiger partial charge in [-0.3, -0.25) is 14.5 Å². The van der Waals surface area contributed by atoms with Crippen LogP contribution in [0.15, 0.2) is 42.7 Å². The normalized spacial score (nSPS) is 16.8. The number of nitrogens with zero attached hydrogens (tertiary/aromatic N) is 3. The molecular formula is C19H20N4O2. The second-order valence-corrected chi connectivity index (χ2v) is 6.42. The van der Waals surface area contributed by atoms with Gasteiger partial charge in [-0.15, -0.1) is 0 Å². The Hall–Kier alpha value is -2.89. The fraction of sp³-hybridized carbons (Fsp3) is 0.316. The van der Waals surface area contributed by atoms with Crippen molar-refractivity contribution in [1.29, 1.82) is 0 Å². The number of benzene rings is 1. The average Bonchev–Trinajstić information content (AvgIpc) is 2.88. The second kappa shape index (κ2) is 6.55. The molecule has 1 aliphatic heterocycles. The summed E-state index contributed by atoms with van der Waals surface area (Å²) in [5.41, 5.74) is 3.40. The molecule has 0 spiro atoms. The Morgan fingerprint density at radius 2 is 2.24 bits per heavy atom. The molecule has 1 atom stereocenters. The molecule has 3 heterocycles. The Morgan fingerprint density at radius 1 is 1.36 bits per heavy atom. The minimum Gasteiger partial charge on any atom is -0.493 e. The summed E-state index contributed by atoms with van der Waals surface area (Å²) in [6.45, 7) is 1.31. The summed E-state index contributed by atoms with van der Waals surface area (Å²) in [5.74, 6) is 1.22. The van der Waals surface area contributed by atoms with Crippen molar-refractivity contribution in [2.75, 3.05) is 13.2 Å². The highest BCUT2D eigenvalue weighted by molar-refractivity contribution is 5.96. The molecule has 1 N–H and O–H groups in total. The molecule has 4 rings (SSSR count). The second-order valence-electron chi connectivity index (χ2n) is 6.42. The van der Waals surface area contributed by atoms with Crippen LogP contribution in [-0.4, -0.2) is 33.8 Å². The largest absolute Gasteiger partial charge is 0.493 e. The molecule has 2 aromatic heterocycles. The lowest BCUT2D eigenvalue weighted by atomic mass is 9.97. The third-order valence-electron chi connectivity index (χ3n) is 4.68. The van der Waals surface area contributed by atoms with Crippen LogP contribution in [0.2, 0.25) is 0 Å². The number of hydrogen-bond acceptors (Lipinski definition) is 4. The van der Waals surface area contributed by atoms with Gasteiger partial charge in [0.25, 0.3) is 5.91 Å². The maximum atomic E-state index is 12.5. The predicted octanol–water partition coefficient (Wildman–Crippen LogP) is 2.34. The summed E-state index contributed by atoms with van der Waals surface area (Å²) in [4.78, 5) is 16.8. The van der Waals surface area contributed by atoms with Crippen LogP contribution in [0.4, 0.5) is 0 Å². The monoisotopic (exact) mass is 336 g/mol. The molecule has 0 aliphatic carbocycles. The van der Waals surface area contributed by atoms with E-state index in [9.17, 15) is 4.79 Å². The van der Waals surface area contributed by atoms with E-state index in [0.717, 1.165) is 29.6 Å². The Bertz CT molecular complexity index is 919. The van der Waals surface area contributed by atoms with Crippen molar-refractivity contribution in [3.63, 3.8) is 0 Å². The molecule has 0 saturated carbocycles. The SMILES string of the molecule is Cn1ncc2ncc(C(=O)NCC3CCOc4ccccc4C3)cc21. The van der Waals surface area contributed by atoms with Gasteiger partial charge < -0.3 is 10.1 Å². The van der Waals surface area contributed by atoms with Crippen LogP contribution in [0.25, 0.3) is 11.0 Å². The van der Waals surface area contributed by atoms with E-state index >= 15 is 0 Å². The highest BCUT2D eigenvalue weighted by Gasteiger charge is 2.18. The van der Waals surface area contributed by atoms with Crippen LogP contribution in [0.5, 0.6) is 5.75 Å². The Balaban J connectivity index is 1.43. The number of carbonyl (C=O) groups is 1. The molecule has 3 aromatic rings. The van der Waals surface area contributed by atoms with Gasteiger partial charge in [0.1, 0.15) is 11.3 Å². The van der Waals surface area contributed by atoms with Crippen LogP contribution in [0.3, 0.4) is 0 Å². The topological polar surface area (TPSA) is 69.0 Å². The lowest BCUT2D eigenvalue weighted by Crippen LogP contribution is -2.30. The van der Waals surface area contributed by atoms with Crippen molar-refractivity contribution >= 4 is 16.9 Å². The molecule has 6 heteroatoms. The van der Waals surface area contributed by atoms with Crippen LogP contribution in [0, 0.1) is 5.92 Å². The average molecular weight is 336 g/mol. The Kier molecular flexibility index (Phi) is 4.09. The third-order valence-corrected chi connectivity index (χ3v) is 4.68. The summed E-state index contributed by atoms with van der Waals surface area (Å²) in [5, 5.41) is 7.20. The van der Waals surface area contributed by atoms with Crippen molar-refractivity contribution in [3.05, 3.63) is 53.9 Å². The van der Waals surface area contributed by atoms with Gasteiger partial charge in [-0.1, -0.05) is 18.2 Å². The number of aryl methyl sites for hydroxylation is 1. The molecule has 128 valence electrons.